The molecule has 1 aromatic heterocycles. The molecule has 0 aliphatic carbocycles. The average molecular weight is 179 g/mol. The Balaban J connectivity index is 2.66. The standard InChI is InChI=1S/C9H13N3O/c1-7-4-8(6-11-5-7)9(13)12-3-2-10/h4-6H,2-3,10H2,1H3,(H,12,13). The molecular formula is C9H13N3O. The van der Waals surface area contributed by atoms with E-state index in [9.17, 15) is 4.79 Å². The summed E-state index contributed by atoms with van der Waals surface area (Å²) in [5.74, 6) is -0.123. The fourth-order valence-corrected chi connectivity index (χ4v) is 0.967. The SMILES string of the molecule is Cc1cncc(C(=O)NCCN)c1. The van der Waals surface area contributed by atoms with E-state index in [4.69, 9.17) is 5.73 Å². The van der Waals surface area contributed by atoms with Crippen molar-refractivity contribution in [2.24, 2.45) is 5.73 Å². The molecule has 0 aliphatic rings. The third kappa shape index (κ3) is 2.83. The van der Waals surface area contributed by atoms with Gasteiger partial charge < -0.3 is 11.1 Å². The van der Waals surface area contributed by atoms with Crippen LogP contribution in [0.15, 0.2) is 18.5 Å². The molecule has 0 aromatic carbocycles. The van der Waals surface area contributed by atoms with Crippen LogP contribution in [-0.2, 0) is 0 Å². The van der Waals surface area contributed by atoms with Gasteiger partial charge in [-0.25, -0.2) is 0 Å². The molecule has 1 aromatic rings. The maximum atomic E-state index is 11.3. The van der Waals surface area contributed by atoms with Crippen molar-refractivity contribution in [3.63, 3.8) is 0 Å². The zero-order chi connectivity index (χ0) is 9.68. The van der Waals surface area contributed by atoms with E-state index in [-0.39, 0.29) is 5.91 Å². The lowest BCUT2D eigenvalue weighted by atomic mass is 10.2. The third-order valence-corrected chi connectivity index (χ3v) is 1.57. The summed E-state index contributed by atoms with van der Waals surface area (Å²) in [7, 11) is 0. The Hall–Kier alpha value is -1.42. The lowest BCUT2D eigenvalue weighted by Gasteiger charge is -2.02. The summed E-state index contributed by atoms with van der Waals surface area (Å²) >= 11 is 0. The second-order valence-electron chi connectivity index (χ2n) is 2.80. The highest BCUT2D eigenvalue weighted by Crippen LogP contribution is 2.00. The molecule has 13 heavy (non-hydrogen) atoms. The van der Waals surface area contributed by atoms with E-state index in [1.165, 1.54) is 0 Å². The van der Waals surface area contributed by atoms with Crippen LogP contribution < -0.4 is 11.1 Å². The van der Waals surface area contributed by atoms with Crippen LogP contribution in [0.5, 0.6) is 0 Å². The summed E-state index contributed by atoms with van der Waals surface area (Å²) in [4.78, 5) is 15.3. The maximum Gasteiger partial charge on any atom is 0.252 e. The van der Waals surface area contributed by atoms with Crippen molar-refractivity contribution in [1.82, 2.24) is 10.3 Å². The number of aromatic nitrogens is 1. The van der Waals surface area contributed by atoms with E-state index < -0.39 is 0 Å². The van der Waals surface area contributed by atoms with Gasteiger partial charge in [-0.2, -0.15) is 0 Å². The molecule has 0 fully saturated rings. The fraction of sp³-hybridized carbons (Fsp3) is 0.333. The van der Waals surface area contributed by atoms with Crippen LogP contribution in [0.4, 0.5) is 0 Å². The number of nitrogens with two attached hydrogens (primary N) is 1. The minimum absolute atomic E-state index is 0.123. The minimum Gasteiger partial charge on any atom is -0.351 e. The molecule has 0 saturated heterocycles. The van der Waals surface area contributed by atoms with E-state index in [0.29, 0.717) is 18.7 Å². The molecule has 0 atom stereocenters. The molecule has 0 radical (unpaired) electrons. The second kappa shape index (κ2) is 4.57. The van der Waals surface area contributed by atoms with Crippen LogP contribution in [0, 0.1) is 6.92 Å². The summed E-state index contributed by atoms with van der Waals surface area (Å²) in [5.41, 5.74) is 6.80. The quantitative estimate of drug-likeness (QED) is 0.690. The predicted octanol–water partition coefficient (Wildman–Crippen LogP) is 0.0785. The van der Waals surface area contributed by atoms with Gasteiger partial charge in [0.2, 0.25) is 0 Å². The molecule has 0 bridgehead atoms. The first-order chi connectivity index (χ1) is 6.24. The lowest BCUT2D eigenvalue weighted by molar-refractivity contribution is 0.0954. The largest absolute Gasteiger partial charge is 0.351 e. The number of aryl methyl sites for hydroxylation is 1. The first-order valence-electron chi connectivity index (χ1n) is 4.14. The van der Waals surface area contributed by atoms with Gasteiger partial charge in [0.1, 0.15) is 0 Å². The first-order valence-corrected chi connectivity index (χ1v) is 4.14. The highest BCUT2D eigenvalue weighted by Gasteiger charge is 2.03. The summed E-state index contributed by atoms with van der Waals surface area (Å²) in [5, 5.41) is 2.67. The summed E-state index contributed by atoms with van der Waals surface area (Å²) in [6.45, 7) is 2.84. The van der Waals surface area contributed by atoms with Crippen molar-refractivity contribution >= 4 is 5.91 Å². The van der Waals surface area contributed by atoms with Gasteiger partial charge in [-0.3, -0.25) is 9.78 Å². The summed E-state index contributed by atoms with van der Waals surface area (Å²) in [6.07, 6.45) is 3.25. The van der Waals surface area contributed by atoms with Crippen molar-refractivity contribution in [1.29, 1.82) is 0 Å². The molecular weight excluding hydrogens is 166 g/mol. The Morgan fingerprint density at radius 3 is 3.00 bits per heavy atom. The normalized spacial score (nSPS) is 9.69. The molecule has 0 spiro atoms. The monoisotopic (exact) mass is 179 g/mol. The Morgan fingerprint density at radius 1 is 1.62 bits per heavy atom. The number of hydrogen-bond acceptors (Lipinski definition) is 3. The molecule has 1 rings (SSSR count). The van der Waals surface area contributed by atoms with Crippen molar-refractivity contribution in [2.75, 3.05) is 13.1 Å². The number of amides is 1. The Labute approximate surface area is 77.2 Å². The summed E-state index contributed by atoms with van der Waals surface area (Å²) < 4.78 is 0. The molecule has 3 N–H and O–H groups in total. The van der Waals surface area contributed by atoms with E-state index in [1.807, 2.05) is 6.92 Å². The van der Waals surface area contributed by atoms with Crippen molar-refractivity contribution in [2.45, 2.75) is 6.92 Å². The highest BCUT2D eigenvalue weighted by atomic mass is 16.1. The summed E-state index contributed by atoms with van der Waals surface area (Å²) in [6, 6.07) is 1.79. The molecule has 4 heteroatoms. The molecule has 0 saturated carbocycles. The van der Waals surface area contributed by atoms with Gasteiger partial charge in [-0.15, -0.1) is 0 Å². The Kier molecular flexibility index (Phi) is 3.40. The van der Waals surface area contributed by atoms with Crippen LogP contribution in [0.2, 0.25) is 0 Å². The van der Waals surface area contributed by atoms with Crippen molar-refractivity contribution in [3.05, 3.63) is 29.6 Å². The van der Waals surface area contributed by atoms with E-state index in [1.54, 1.807) is 18.5 Å². The fourth-order valence-electron chi connectivity index (χ4n) is 0.967. The van der Waals surface area contributed by atoms with Gasteiger partial charge in [-0.1, -0.05) is 0 Å². The predicted molar refractivity (Wildman–Crippen MR) is 50.4 cm³/mol. The van der Waals surface area contributed by atoms with Crippen LogP contribution >= 0.6 is 0 Å². The number of rotatable bonds is 3. The van der Waals surface area contributed by atoms with Gasteiger partial charge in [0.25, 0.3) is 5.91 Å². The number of pyridine rings is 1. The molecule has 1 heterocycles. The smallest absolute Gasteiger partial charge is 0.252 e. The Bertz CT molecular complexity index is 299. The highest BCUT2D eigenvalue weighted by molar-refractivity contribution is 5.93. The molecule has 1 amide bonds. The zero-order valence-corrected chi connectivity index (χ0v) is 7.58. The lowest BCUT2D eigenvalue weighted by Crippen LogP contribution is -2.29. The Morgan fingerprint density at radius 2 is 2.38 bits per heavy atom. The number of carbonyl (C=O) groups is 1. The van der Waals surface area contributed by atoms with Gasteiger partial charge in [0.15, 0.2) is 0 Å². The van der Waals surface area contributed by atoms with Gasteiger partial charge >= 0.3 is 0 Å². The minimum atomic E-state index is -0.123. The van der Waals surface area contributed by atoms with Crippen molar-refractivity contribution in [3.8, 4) is 0 Å². The van der Waals surface area contributed by atoms with Crippen LogP contribution in [0.1, 0.15) is 15.9 Å². The third-order valence-electron chi connectivity index (χ3n) is 1.57. The molecule has 0 unspecified atom stereocenters. The topological polar surface area (TPSA) is 68.0 Å². The number of nitrogens with zero attached hydrogens (tertiary/aromatic N) is 1. The van der Waals surface area contributed by atoms with Gasteiger partial charge in [0.05, 0.1) is 5.56 Å². The van der Waals surface area contributed by atoms with E-state index in [0.717, 1.165) is 5.56 Å². The molecule has 70 valence electrons. The first kappa shape index (κ1) is 9.67. The number of carbonyl (C=O) groups excluding carboxylic acids is 1. The van der Waals surface area contributed by atoms with Gasteiger partial charge in [-0.05, 0) is 18.6 Å². The number of hydrogen-bond donors (Lipinski definition) is 2. The second-order valence-corrected chi connectivity index (χ2v) is 2.80. The average Bonchev–Trinajstić information content (AvgIpc) is 2.14. The number of nitrogens with one attached hydrogen (secondary N) is 1. The van der Waals surface area contributed by atoms with Gasteiger partial charge in [0, 0.05) is 25.5 Å². The van der Waals surface area contributed by atoms with E-state index >= 15 is 0 Å². The van der Waals surface area contributed by atoms with Crippen molar-refractivity contribution < 1.29 is 4.79 Å². The van der Waals surface area contributed by atoms with Crippen LogP contribution in [0.3, 0.4) is 0 Å². The molecule has 4 nitrogen and oxygen atoms in total. The molecule has 0 aliphatic heterocycles. The van der Waals surface area contributed by atoms with E-state index in [2.05, 4.69) is 10.3 Å². The zero-order valence-electron chi connectivity index (χ0n) is 7.58. The maximum absolute atomic E-state index is 11.3. The van der Waals surface area contributed by atoms with Crippen LogP contribution in [0.25, 0.3) is 0 Å². The van der Waals surface area contributed by atoms with Crippen LogP contribution in [-0.4, -0.2) is 24.0 Å².